The lowest BCUT2D eigenvalue weighted by Crippen LogP contribution is -2.30. The van der Waals surface area contributed by atoms with E-state index < -0.39 is 16.9 Å². The first-order valence-corrected chi connectivity index (χ1v) is 7.64. The topological polar surface area (TPSA) is 81.5 Å². The van der Waals surface area contributed by atoms with E-state index in [1.807, 2.05) is 6.07 Å². The SMILES string of the molecule is Cc1ccc(O[C@@H](C)C(=O)Nc2cccc(Br)c2)c([N+](=O)[O-])c1. The maximum atomic E-state index is 12.2. The van der Waals surface area contributed by atoms with Crippen LogP contribution in [0.1, 0.15) is 12.5 Å². The maximum Gasteiger partial charge on any atom is 0.311 e. The molecule has 0 heterocycles. The lowest BCUT2D eigenvalue weighted by atomic mass is 10.2. The molecule has 0 aromatic heterocycles. The fourth-order valence-corrected chi connectivity index (χ4v) is 2.32. The van der Waals surface area contributed by atoms with E-state index >= 15 is 0 Å². The average molecular weight is 379 g/mol. The van der Waals surface area contributed by atoms with E-state index in [0.29, 0.717) is 5.69 Å². The largest absolute Gasteiger partial charge is 0.474 e. The molecule has 2 aromatic rings. The number of nitro benzene ring substituents is 1. The summed E-state index contributed by atoms with van der Waals surface area (Å²) in [7, 11) is 0. The highest BCUT2D eigenvalue weighted by Gasteiger charge is 2.21. The van der Waals surface area contributed by atoms with Crippen molar-refractivity contribution in [2.24, 2.45) is 0 Å². The third kappa shape index (κ3) is 4.53. The lowest BCUT2D eigenvalue weighted by molar-refractivity contribution is -0.386. The summed E-state index contributed by atoms with van der Waals surface area (Å²) in [5.41, 5.74) is 1.20. The highest BCUT2D eigenvalue weighted by molar-refractivity contribution is 9.10. The number of carbonyl (C=O) groups is 1. The molecule has 0 aliphatic carbocycles. The lowest BCUT2D eigenvalue weighted by Gasteiger charge is -2.15. The quantitative estimate of drug-likeness (QED) is 0.627. The van der Waals surface area contributed by atoms with Crippen molar-refractivity contribution in [3.63, 3.8) is 0 Å². The Morgan fingerprint density at radius 1 is 1.30 bits per heavy atom. The number of hydrogen-bond acceptors (Lipinski definition) is 4. The third-order valence-electron chi connectivity index (χ3n) is 3.08. The summed E-state index contributed by atoms with van der Waals surface area (Å²) >= 11 is 3.32. The minimum Gasteiger partial charge on any atom is -0.474 e. The first kappa shape index (κ1) is 17.0. The van der Waals surface area contributed by atoms with Gasteiger partial charge in [-0.05, 0) is 43.7 Å². The minimum absolute atomic E-state index is 0.0671. The number of nitrogens with zero attached hydrogens (tertiary/aromatic N) is 1. The number of rotatable bonds is 5. The Hall–Kier alpha value is -2.41. The molecule has 1 amide bonds. The molecular weight excluding hydrogens is 364 g/mol. The molecule has 2 aromatic carbocycles. The number of anilines is 1. The fraction of sp³-hybridized carbons (Fsp3) is 0.188. The van der Waals surface area contributed by atoms with Gasteiger partial charge >= 0.3 is 5.69 Å². The van der Waals surface area contributed by atoms with Crippen LogP contribution in [0.5, 0.6) is 5.75 Å². The van der Waals surface area contributed by atoms with Gasteiger partial charge in [0.15, 0.2) is 11.9 Å². The van der Waals surface area contributed by atoms with Crippen LogP contribution in [0, 0.1) is 17.0 Å². The van der Waals surface area contributed by atoms with Gasteiger partial charge in [0.1, 0.15) is 0 Å². The van der Waals surface area contributed by atoms with Gasteiger partial charge < -0.3 is 10.1 Å². The average Bonchev–Trinajstić information content (AvgIpc) is 2.48. The van der Waals surface area contributed by atoms with Crippen molar-refractivity contribution in [2.45, 2.75) is 20.0 Å². The van der Waals surface area contributed by atoms with Gasteiger partial charge in [-0.3, -0.25) is 14.9 Å². The highest BCUT2D eigenvalue weighted by Crippen LogP contribution is 2.28. The predicted octanol–water partition coefficient (Wildman–Crippen LogP) is 4.07. The van der Waals surface area contributed by atoms with Crippen LogP contribution in [0.15, 0.2) is 46.9 Å². The van der Waals surface area contributed by atoms with Gasteiger partial charge in [-0.25, -0.2) is 0 Å². The van der Waals surface area contributed by atoms with E-state index in [-0.39, 0.29) is 11.4 Å². The molecule has 2 rings (SSSR count). The maximum absolute atomic E-state index is 12.2. The number of hydrogen-bond donors (Lipinski definition) is 1. The third-order valence-corrected chi connectivity index (χ3v) is 3.57. The number of carbonyl (C=O) groups excluding carboxylic acids is 1. The Kier molecular flexibility index (Phi) is 5.33. The van der Waals surface area contributed by atoms with E-state index in [4.69, 9.17) is 4.74 Å². The normalized spacial score (nSPS) is 11.6. The van der Waals surface area contributed by atoms with E-state index in [1.165, 1.54) is 19.1 Å². The van der Waals surface area contributed by atoms with Crippen LogP contribution in [-0.2, 0) is 4.79 Å². The molecule has 0 unspecified atom stereocenters. The van der Waals surface area contributed by atoms with Crippen molar-refractivity contribution in [1.82, 2.24) is 0 Å². The van der Waals surface area contributed by atoms with E-state index in [1.54, 1.807) is 31.2 Å². The van der Waals surface area contributed by atoms with E-state index in [2.05, 4.69) is 21.2 Å². The van der Waals surface area contributed by atoms with Crippen LogP contribution in [-0.4, -0.2) is 16.9 Å². The Morgan fingerprint density at radius 3 is 2.70 bits per heavy atom. The van der Waals surface area contributed by atoms with Gasteiger partial charge in [-0.2, -0.15) is 0 Å². The van der Waals surface area contributed by atoms with Crippen LogP contribution in [0.4, 0.5) is 11.4 Å². The fourth-order valence-electron chi connectivity index (χ4n) is 1.92. The monoisotopic (exact) mass is 378 g/mol. The van der Waals surface area contributed by atoms with Crippen LogP contribution in [0.2, 0.25) is 0 Å². The number of benzene rings is 2. The molecule has 6 nitrogen and oxygen atoms in total. The molecule has 120 valence electrons. The molecule has 23 heavy (non-hydrogen) atoms. The Labute approximate surface area is 141 Å². The van der Waals surface area contributed by atoms with Crippen LogP contribution >= 0.6 is 15.9 Å². The van der Waals surface area contributed by atoms with Gasteiger partial charge in [0, 0.05) is 16.2 Å². The van der Waals surface area contributed by atoms with Crippen LogP contribution in [0.3, 0.4) is 0 Å². The smallest absolute Gasteiger partial charge is 0.311 e. The molecule has 0 spiro atoms. The molecule has 0 saturated heterocycles. The summed E-state index contributed by atoms with van der Waals surface area (Å²) in [6, 6.07) is 11.7. The summed E-state index contributed by atoms with van der Waals surface area (Å²) in [4.78, 5) is 22.7. The molecule has 0 radical (unpaired) electrons. The summed E-state index contributed by atoms with van der Waals surface area (Å²) in [5.74, 6) is -0.324. The molecule has 0 aliphatic heterocycles. The Balaban J connectivity index is 2.11. The first-order valence-electron chi connectivity index (χ1n) is 6.85. The van der Waals surface area contributed by atoms with E-state index in [9.17, 15) is 14.9 Å². The molecule has 7 heteroatoms. The molecule has 0 fully saturated rings. The number of ether oxygens (including phenoxy) is 1. The van der Waals surface area contributed by atoms with Crippen molar-refractivity contribution in [1.29, 1.82) is 0 Å². The minimum atomic E-state index is -0.879. The van der Waals surface area contributed by atoms with Crippen molar-refractivity contribution < 1.29 is 14.5 Å². The highest BCUT2D eigenvalue weighted by atomic mass is 79.9. The number of halogens is 1. The molecule has 0 aliphatic rings. The number of nitro groups is 1. The van der Waals surface area contributed by atoms with Gasteiger partial charge in [-0.1, -0.05) is 28.1 Å². The predicted molar refractivity (Wildman–Crippen MR) is 90.7 cm³/mol. The first-order chi connectivity index (χ1) is 10.9. The number of amides is 1. The standard InChI is InChI=1S/C16H15BrN2O4/c1-10-6-7-15(14(8-10)19(21)22)23-11(2)16(20)18-13-5-3-4-12(17)9-13/h3-9,11H,1-2H3,(H,18,20)/t11-/m0/s1. The van der Waals surface area contributed by atoms with Crippen molar-refractivity contribution in [3.05, 3.63) is 62.6 Å². The summed E-state index contributed by atoms with van der Waals surface area (Å²) in [5, 5.41) is 13.8. The second-order valence-corrected chi connectivity index (χ2v) is 5.90. The second-order valence-electron chi connectivity index (χ2n) is 4.99. The van der Waals surface area contributed by atoms with Crippen molar-refractivity contribution in [3.8, 4) is 5.75 Å². The van der Waals surface area contributed by atoms with Crippen molar-refractivity contribution >= 4 is 33.2 Å². The Bertz CT molecular complexity index is 749. The zero-order chi connectivity index (χ0) is 17.0. The molecule has 0 bridgehead atoms. The van der Waals surface area contributed by atoms with Crippen LogP contribution < -0.4 is 10.1 Å². The Morgan fingerprint density at radius 2 is 2.04 bits per heavy atom. The number of nitrogens with one attached hydrogen (secondary N) is 1. The molecular formula is C16H15BrN2O4. The second kappa shape index (κ2) is 7.23. The van der Waals surface area contributed by atoms with Gasteiger partial charge in [0.05, 0.1) is 4.92 Å². The summed E-state index contributed by atoms with van der Waals surface area (Å²) in [6.45, 7) is 3.29. The summed E-state index contributed by atoms with van der Waals surface area (Å²) in [6.07, 6.45) is -0.879. The summed E-state index contributed by atoms with van der Waals surface area (Å²) < 4.78 is 6.29. The van der Waals surface area contributed by atoms with Crippen molar-refractivity contribution in [2.75, 3.05) is 5.32 Å². The molecule has 1 atom stereocenters. The van der Waals surface area contributed by atoms with E-state index in [0.717, 1.165) is 10.0 Å². The zero-order valence-electron chi connectivity index (χ0n) is 12.6. The zero-order valence-corrected chi connectivity index (χ0v) is 14.2. The molecule has 0 saturated carbocycles. The number of aryl methyl sites for hydroxylation is 1. The van der Waals surface area contributed by atoms with Gasteiger partial charge in [-0.15, -0.1) is 0 Å². The van der Waals surface area contributed by atoms with Gasteiger partial charge in [0.25, 0.3) is 5.91 Å². The van der Waals surface area contributed by atoms with Gasteiger partial charge in [0.2, 0.25) is 0 Å². The molecule has 1 N–H and O–H groups in total. The van der Waals surface area contributed by atoms with Crippen LogP contribution in [0.25, 0.3) is 0 Å².